The molecule has 7 heteroatoms. The van der Waals surface area contributed by atoms with Crippen molar-refractivity contribution in [3.63, 3.8) is 0 Å². The first-order valence-electron chi connectivity index (χ1n) is 9.95. The largest absolute Gasteiger partial charge is 0.493 e. The number of nitro groups is 1. The number of fused-ring (bicyclic) bond motifs is 3. The molecular weight excluding hydrogens is 348 g/mol. The summed E-state index contributed by atoms with van der Waals surface area (Å²) in [5, 5.41) is 22.2. The number of hydrogen-bond donors (Lipinski definition) is 1. The number of benzene rings is 1. The van der Waals surface area contributed by atoms with Crippen LogP contribution in [0.3, 0.4) is 0 Å². The first-order chi connectivity index (χ1) is 13.0. The number of unbranched alkanes of at least 4 members (excludes halogenated alkanes) is 2. The summed E-state index contributed by atoms with van der Waals surface area (Å²) < 4.78 is 11.1. The number of methoxy groups -OCH3 is 1. The Morgan fingerprint density at radius 2 is 2.04 bits per heavy atom. The van der Waals surface area contributed by atoms with E-state index in [0.717, 1.165) is 50.8 Å². The molecule has 3 heterocycles. The summed E-state index contributed by atoms with van der Waals surface area (Å²) in [6.45, 7) is 4.51. The lowest BCUT2D eigenvalue weighted by Crippen LogP contribution is -2.58. The van der Waals surface area contributed by atoms with Gasteiger partial charge in [-0.25, -0.2) is 0 Å². The van der Waals surface area contributed by atoms with Gasteiger partial charge in [0, 0.05) is 12.1 Å². The molecule has 3 saturated heterocycles. The van der Waals surface area contributed by atoms with Crippen LogP contribution in [-0.4, -0.2) is 53.9 Å². The fourth-order valence-corrected chi connectivity index (χ4v) is 4.33. The maximum absolute atomic E-state index is 11.6. The number of aliphatic hydroxyl groups is 1. The second-order valence-corrected chi connectivity index (χ2v) is 7.59. The normalized spacial score (nSPS) is 26.8. The average Bonchev–Trinajstić information content (AvgIpc) is 2.68. The van der Waals surface area contributed by atoms with Crippen molar-refractivity contribution >= 4 is 5.69 Å². The van der Waals surface area contributed by atoms with Crippen LogP contribution in [-0.2, 0) is 6.42 Å². The zero-order chi connectivity index (χ0) is 19.4. The molecule has 1 aromatic carbocycles. The average molecular weight is 378 g/mol. The third kappa shape index (κ3) is 4.35. The van der Waals surface area contributed by atoms with Gasteiger partial charge < -0.3 is 14.6 Å². The third-order valence-corrected chi connectivity index (χ3v) is 5.87. The van der Waals surface area contributed by atoms with Gasteiger partial charge in [0.25, 0.3) is 0 Å². The molecule has 0 spiro atoms. The Bertz CT molecular complexity index is 656. The van der Waals surface area contributed by atoms with Gasteiger partial charge in [-0.3, -0.25) is 15.0 Å². The molecule has 1 aromatic rings. The fourth-order valence-electron chi connectivity index (χ4n) is 4.33. The lowest BCUT2D eigenvalue weighted by atomic mass is 9.78. The first kappa shape index (κ1) is 19.9. The summed E-state index contributed by atoms with van der Waals surface area (Å²) in [6, 6.07) is 3.41. The standard InChI is InChI=1S/C20H30N2O5/c1-3-4-5-10-27-20-17(22(24)25)12-14(13-18(20)26-2)11-16-19(23)15-6-8-21(16)9-7-15/h12-13,15-16,19,23H,3-11H2,1-2H3. The second kappa shape index (κ2) is 8.89. The summed E-state index contributed by atoms with van der Waals surface area (Å²) in [5.74, 6) is 0.938. The van der Waals surface area contributed by atoms with Gasteiger partial charge in [-0.05, 0) is 56.3 Å². The topological polar surface area (TPSA) is 85.1 Å². The Morgan fingerprint density at radius 3 is 2.63 bits per heavy atom. The zero-order valence-electron chi connectivity index (χ0n) is 16.2. The number of piperidine rings is 3. The molecule has 27 heavy (non-hydrogen) atoms. The van der Waals surface area contributed by atoms with E-state index in [2.05, 4.69) is 11.8 Å². The quantitative estimate of drug-likeness (QED) is 0.404. The Balaban J connectivity index is 1.81. The van der Waals surface area contributed by atoms with E-state index in [1.54, 1.807) is 6.07 Å². The van der Waals surface area contributed by atoms with Crippen molar-refractivity contribution in [2.24, 2.45) is 5.92 Å². The van der Waals surface area contributed by atoms with Gasteiger partial charge in [-0.2, -0.15) is 0 Å². The molecule has 0 aliphatic carbocycles. The molecule has 150 valence electrons. The van der Waals surface area contributed by atoms with Crippen LogP contribution in [0.15, 0.2) is 12.1 Å². The van der Waals surface area contributed by atoms with Crippen molar-refractivity contribution in [3.05, 3.63) is 27.8 Å². The van der Waals surface area contributed by atoms with Gasteiger partial charge in [-0.15, -0.1) is 0 Å². The van der Waals surface area contributed by atoms with E-state index in [1.807, 2.05) is 6.07 Å². The van der Waals surface area contributed by atoms with Crippen LogP contribution < -0.4 is 9.47 Å². The lowest BCUT2D eigenvalue weighted by molar-refractivity contribution is -0.386. The van der Waals surface area contributed by atoms with Gasteiger partial charge >= 0.3 is 5.69 Å². The molecule has 2 unspecified atom stereocenters. The van der Waals surface area contributed by atoms with Gasteiger partial charge in [0.2, 0.25) is 5.75 Å². The highest BCUT2D eigenvalue weighted by atomic mass is 16.6. The van der Waals surface area contributed by atoms with Crippen LogP contribution in [0, 0.1) is 16.0 Å². The van der Waals surface area contributed by atoms with Crippen molar-refractivity contribution in [3.8, 4) is 11.5 Å². The molecular formula is C20H30N2O5. The van der Waals surface area contributed by atoms with Crippen molar-refractivity contribution in [2.75, 3.05) is 26.8 Å². The predicted molar refractivity (Wildman–Crippen MR) is 102 cm³/mol. The number of nitrogens with zero attached hydrogens (tertiary/aromatic N) is 2. The molecule has 1 N–H and O–H groups in total. The summed E-state index contributed by atoms with van der Waals surface area (Å²) in [5.41, 5.74) is 0.738. The second-order valence-electron chi connectivity index (χ2n) is 7.59. The molecule has 0 amide bonds. The highest BCUT2D eigenvalue weighted by molar-refractivity contribution is 5.58. The van der Waals surface area contributed by atoms with E-state index < -0.39 is 4.92 Å². The summed E-state index contributed by atoms with van der Waals surface area (Å²) in [7, 11) is 1.50. The van der Waals surface area contributed by atoms with Gasteiger partial charge in [0.15, 0.2) is 5.75 Å². The van der Waals surface area contributed by atoms with Gasteiger partial charge in [0.1, 0.15) is 0 Å². The van der Waals surface area contributed by atoms with Crippen molar-refractivity contribution in [2.45, 2.75) is 57.6 Å². The predicted octanol–water partition coefficient (Wildman–Crippen LogP) is 3.17. The minimum atomic E-state index is -0.412. The molecule has 0 radical (unpaired) electrons. The van der Waals surface area contributed by atoms with E-state index in [1.165, 1.54) is 7.11 Å². The number of rotatable bonds is 9. The van der Waals surface area contributed by atoms with Crippen LogP contribution in [0.2, 0.25) is 0 Å². The van der Waals surface area contributed by atoms with Gasteiger partial charge in [0.05, 0.1) is 24.7 Å². The zero-order valence-corrected chi connectivity index (χ0v) is 16.2. The summed E-state index contributed by atoms with van der Waals surface area (Å²) >= 11 is 0. The Morgan fingerprint density at radius 1 is 1.30 bits per heavy atom. The SMILES string of the molecule is CCCCCOc1c(OC)cc(CC2C(O)C3CCN2CC3)cc1[N+](=O)[O-]. The third-order valence-electron chi connectivity index (χ3n) is 5.87. The number of aliphatic hydroxyl groups excluding tert-OH is 1. The molecule has 7 nitrogen and oxygen atoms in total. The van der Waals surface area contributed by atoms with Crippen molar-refractivity contribution < 1.29 is 19.5 Å². The highest BCUT2D eigenvalue weighted by Gasteiger charge is 2.41. The molecule has 4 rings (SSSR count). The Kier molecular flexibility index (Phi) is 6.55. The Labute approximate surface area is 160 Å². The highest BCUT2D eigenvalue weighted by Crippen LogP contribution is 2.40. The number of ether oxygens (including phenoxy) is 2. The molecule has 0 aromatic heterocycles. The summed E-state index contributed by atoms with van der Waals surface area (Å²) in [4.78, 5) is 13.5. The van der Waals surface area contributed by atoms with Crippen LogP contribution >= 0.6 is 0 Å². The Hall–Kier alpha value is -1.86. The smallest absolute Gasteiger partial charge is 0.315 e. The molecule has 3 aliphatic rings. The first-order valence-corrected chi connectivity index (χ1v) is 9.95. The van der Waals surface area contributed by atoms with Crippen LogP contribution in [0.5, 0.6) is 11.5 Å². The van der Waals surface area contributed by atoms with E-state index in [4.69, 9.17) is 9.47 Å². The molecule has 3 fully saturated rings. The number of hydrogen-bond acceptors (Lipinski definition) is 6. The van der Waals surface area contributed by atoms with Gasteiger partial charge in [-0.1, -0.05) is 19.8 Å². The summed E-state index contributed by atoms with van der Waals surface area (Å²) in [6.07, 6.45) is 5.20. The van der Waals surface area contributed by atoms with Crippen LogP contribution in [0.25, 0.3) is 0 Å². The molecule has 2 bridgehead atoms. The maximum atomic E-state index is 11.6. The van der Waals surface area contributed by atoms with Crippen molar-refractivity contribution in [1.82, 2.24) is 4.90 Å². The minimum Gasteiger partial charge on any atom is -0.493 e. The fraction of sp³-hybridized carbons (Fsp3) is 0.700. The molecule has 0 saturated carbocycles. The minimum absolute atomic E-state index is 0.0122. The monoisotopic (exact) mass is 378 g/mol. The lowest BCUT2D eigenvalue weighted by Gasteiger charge is -2.49. The number of nitro benzene ring substituents is 1. The van der Waals surface area contributed by atoms with E-state index in [0.29, 0.717) is 24.7 Å². The molecule has 3 aliphatic heterocycles. The molecule has 2 atom stereocenters. The van der Waals surface area contributed by atoms with Crippen LogP contribution in [0.4, 0.5) is 5.69 Å². The van der Waals surface area contributed by atoms with Crippen molar-refractivity contribution in [1.29, 1.82) is 0 Å². The van der Waals surface area contributed by atoms with E-state index in [-0.39, 0.29) is 23.6 Å². The van der Waals surface area contributed by atoms with E-state index in [9.17, 15) is 15.2 Å². The van der Waals surface area contributed by atoms with E-state index >= 15 is 0 Å². The van der Waals surface area contributed by atoms with Crippen LogP contribution in [0.1, 0.15) is 44.6 Å². The maximum Gasteiger partial charge on any atom is 0.315 e.